The number of sulfonamides is 1. The molecule has 2 aromatic rings. The first-order chi connectivity index (χ1) is 12.4. The van der Waals surface area contributed by atoms with Gasteiger partial charge in [-0.1, -0.05) is 0 Å². The van der Waals surface area contributed by atoms with Crippen molar-refractivity contribution in [2.45, 2.75) is 31.6 Å². The van der Waals surface area contributed by atoms with Gasteiger partial charge in [0.15, 0.2) is 0 Å². The lowest BCUT2D eigenvalue weighted by Crippen LogP contribution is -2.41. The molecule has 0 saturated carbocycles. The predicted molar refractivity (Wildman–Crippen MR) is 96.2 cm³/mol. The van der Waals surface area contributed by atoms with E-state index in [-0.39, 0.29) is 16.7 Å². The third kappa shape index (κ3) is 3.96. The highest BCUT2D eigenvalue weighted by Gasteiger charge is 2.29. The Morgan fingerprint density at radius 1 is 1.35 bits per heavy atom. The van der Waals surface area contributed by atoms with Crippen LogP contribution in [0.1, 0.15) is 34.7 Å². The molecule has 0 aliphatic carbocycles. The van der Waals surface area contributed by atoms with Crippen LogP contribution in [0.4, 0.5) is 0 Å². The van der Waals surface area contributed by atoms with Crippen LogP contribution in [0, 0.1) is 19.8 Å². The molecule has 2 aromatic heterocycles. The third-order valence-electron chi connectivity index (χ3n) is 4.68. The Balaban J connectivity index is 1.53. The Bertz CT molecular complexity index is 869. The van der Waals surface area contributed by atoms with Crippen LogP contribution in [-0.4, -0.2) is 43.2 Å². The number of nitrogens with zero attached hydrogens (tertiary/aromatic N) is 2. The van der Waals surface area contributed by atoms with Crippen LogP contribution >= 0.6 is 0 Å². The first-order valence-electron chi connectivity index (χ1n) is 8.63. The summed E-state index contributed by atoms with van der Waals surface area (Å²) in [5.41, 5.74) is 0.555. The lowest BCUT2D eigenvalue weighted by atomic mass is 9.98. The Morgan fingerprint density at radius 2 is 2.08 bits per heavy atom. The van der Waals surface area contributed by atoms with Gasteiger partial charge in [0.05, 0.1) is 5.56 Å². The zero-order valence-corrected chi connectivity index (χ0v) is 15.8. The lowest BCUT2D eigenvalue weighted by molar-refractivity contribution is 0.0940. The number of furan rings is 1. The zero-order chi connectivity index (χ0) is 18.7. The normalized spacial score (nSPS) is 16.5. The summed E-state index contributed by atoms with van der Waals surface area (Å²) in [6.45, 7) is 5.00. The monoisotopic (exact) mass is 377 g/mol. The Hall–Kier alpha value is -2.19. The molecule has 0 bridgehead atoms. The quantitative estimate of drug-likeness (QED) is 0.862. The number of carbonyl (C=O) groups is 1. The SMILES string of the molecule is Cc1cc(C(=O)NCC2CCN(S(=O)(=O)c3cccnc3)CC2)c(C)o1. The van der Waals surface area contributed by atoms with Crippen molar-refractivity contribution >= 4 is 15.9 Å². The summed E-state index contributed by atoms with van der Waals surface area (Å²) in [6.07, 6.45) is 4.35. The van der Waals surface area contributed by atoms with Gasteiger partial charge < -0.3 is 9.73 Å². The van der Waals surface area contributed by atoms with E-state index >= 15 is 0 Å². The van der Waals surface area contributed by atoms with Gasteiger partial charge in [-0.15, -0.1) is 0 Å². The van der Waals surface area contributed by atoms with Crippen LogP contribution in [0.15, 0.2) is 39.9 Å². The fourth-order valence-corrected chi connectivity index (χ4v) is 4.63. The highest BCUT2D eigenvalue weighted by molar-refractivity contribution is 7.89. The van der Waals surface area contributed by atoms with Crippen molar-refractivity contribution in [3.8, 4) is 0 Å². The number of nitrogens with one attached hydrogen (secondary N) is 1. The molecule has 1 saturated heterocycles. The number of carbonyl (C=O) groups excluding carboxylic acids is 1. The second kappa shape index (κ2) is 7.59. The number of hydrogen-bond donors (Lipinski definition) is 1. The van der Waals surface area contributed by atoms with E-state index in [1.807, 2.05) is 6.92 Å². The van der Waals surface area contributed by atoms with Crippen molar-refractivity contribution in [3.05, 3.63) is 47.7 Å². The van der Waals surface area contributed by atoms with Crippen LogP contribution in [0.5, 0.6) is 0 Å². The molecule has 0 spiro atoms. The Morgan fingerprint density at radius 3 is 2.65 bits per heavy atom. The van der Waals surface area contributed by atoms with Crippen molar-refractivity contribution in [1.82, 2.24) is 14.6 Å². The van der Waals surface area contributed by atoms with Crippen molar-refractivity contribution in [1.29, 1.82) is 0 Å². The summed E-state index contributed by atoms with van der Waals surface area (Å²) in [6, 6.07) is 4.91. The van der Waals surface area contributed by atoms with Crippen LogP contribution < -0.4 is 5.32 Å². The summed E-state index contributed by atoms with van der Waals surface area (Å²) in [5, 5.41) is 2.93. The molecule has 1 aliphatic heterocycles. The molecule has 140 valence electrons. The second-order valence-electron chi connectivity index (χ2n) is 6.57. The molecule has 7 nitrogen and oxygen atoms in total. The van der Waals surface area contributed by atoms with Gasteiger partial charge in [-0.25, -0.2) is 8.42 Å². The maximum Gasteiger partial charge on any atom is 0.254 e. The maximum absolute atomic E-state index is 12.6. The molecule has 0 radical (unpaired) electrons. The first-order valence-corrected chi connectivity index (χ1v) is 10.1. The number of rotatable bonds is 5. The van der Waals surface area contributed by atoms with Crippen molar-refractivity contribution < 1.29 is 17.6 Å². The van der Waals surface area contributed by atoms with E-state index in [4.69, 9.17) is 4.42 Å². The molecular weight excluding hydrogens is 354 g/mol. The van der Waals surface area contributed by atoms with Crippen LogP contribution in [-0.2, 0) is 10.0 Å². The van der Waals surface area contributed by atoms with Gasteiger partial charge in [0.2, 0.25) is 10.0 Å². The summed E-state index contributed by atoms with van der Waals surface area (Å²) in [4.78, 5) is 16.4. The van der Waals surface area contributed by atoms with E-state index in [0.29, 0.717) is 49.6 Å². The smallest absolute Gasteiger partial charge is 0.254 e. The van der Waals surface area contributed by atoms with Gasteiger partial charge in [-0.05, 0) is 50.8 Å². The van der Waals surface area contributed by atoms with Crippen LogP contribution in [0.2, 0.25) is 0 Å². The van der Waals surface area contributed by atoms with Crippen molar-refractivity contribution in [2.75, 3.05) is 19.6 Å². The van der Waals surface area contributed by atoms with E-state index < -0.39 is 10.0 Å². The molecule has 0 unspecified atom stereocenters. The van der Waals surface area contributed by atoms with E-state index in [9.17, 15) is 13.2 Å². The lowest BCUT2D eigenvalue weighted by Gasteiger charge is -2.31. The van der Waals surface area contributed by atoms with Gasteiger partial charge in [0, 0.05) is 32.0 Å². The molecule has 26 heavy (non-hydrogen) atoms. The van der Waals surface area contributed by atoms with E-state index in [1.165, 1.54) is 10.5 Å². The van der Waals surface area contributed by atoms with Gasteiger partial charge in [-0.2, -0.15) is 4.31 Å². The van der Waals surface area contributed by atoms with Crippen LogP contribution in [0.3, 0.4) is 0 Å². The number of pyridine rings is 1. The van der Waals surface area contributed by atoms with Gasteiger partial charge in [-0.3, -0.25) is 9.78 Å². The third-order valence-corrected chi connectivity index (χ3v) is 6.56. The van der Waals surface area contributed by atoms with Gasteiger partial charge in [0.25, 0.3) is 5.91 Å². The van der Waals surface area contributed by atoms with E-state index in [2.05, 4.69) is 10.3 Å². The van der Waals surface area contributed by atoms with Crippen molar-refractivity contribution in [3.63, 3.8) is 0 Å². The average molecular weight is 377 g/mol. The number of hydrogen-bond acceptors (Lipinski definition) is 5. The second-order valence-corrected chi connectivity index (χ2v) is 8.51. The number of amides is 1. The molecule has 1 fully saturated rings. The maximum atomic E-state index is 12.6. The molecule has 0 aromatic carbocycles. The molecule has 8 heteroatoms. The minimum atomic E-state index is -3.49. The largest absolute Gasteiger partial charge is 0.466 e. The fraction of sp³-hybridized carbons (Fsp3) is 0.444. The highest BCUT2D eigenvalue weighted by atomic mass is 32.2. The molecule has 1 N–H and O–H groups in total. The predicted octanol–water partition coefficient (Wildman–Crippen LogP) is 2.12. The number of aromatic nitrogens is 1. The Labute approximate surface area is 153 Å². The summed E-state index contributed by atoms with van der Waals surface area (Å²) in [7, 11) is -3.49. The molecule has 1 aliphatic rings. The summed E-state index contributed by atoms with van der Waals surface area (Å²) in [5.74, 6) is 1.43. The minimum Gasteiger partial charge on any atom is -0.466 e. The molecule has 3 rings (SSSR count). The topological polar surface area (TPSA) is 92.5 Å². The van der Waals surface area contributed by atoms with Gasteiger partial charge in [0.1, 0.15) is 16.4 Å². The highest BCUT2D eigenvalue weighted by Crippen LogP contribution is 2.23. The van der Waals surface area contributed by atoms with Gasteiger partial charge >= 0.3 is 0 Å². The molecule has 3 heterocycles. The van der Waals surface area contributed by atoms with E-state index in [0.717, 1.165) is 0 Å². The minimum absolute atomic E-state index is 0.148. The molecule has 0 atom stereocenters. The number of piperidine rings is 1. The van der Waals surface area contributed by atoms with E-state index in [1.54, 1.807) is 31.3 Å². The molecule has 1 amide bonds. The van der Waals surface area contributed by atoms with Crippen LogP contribution in [0.25, 0.3) is 0 Å². The zero-order valence-electron chi connectivity index (χ0n) is 14.9. The summed E-state index contributed by atoms with van der Waals surface area (Å²) >= 11 is 0. The number of aryl methyl sites for hydroxylation is 2. The molecular formula is C18H23N3O4S. The Kier molecular flexibility index (Phi) is 5.43. The fourth-order valence-electron chi connectivity index (χ4n) is 3.19. The standard InChI is InChI=1S/C18H23N3O4S/c1-13-10-17(14(2)25-13)18(22)20-11-15-5-8-21(9-6-15)26(23,24)16-4-3-7-19-12-16/h3-4,7,10,12,15H,5-6,8-9,11H2,1-2H3,(H,20,22). The first kappa shape index (κ1) is 18.6. The summed E-state index contributed by atoms with van der Waals surface area (Å²) < 4.78 is 32.1. The average Bonchev–Trinajstić information content (AvgIpc) is 2.99. The van der Waals surface area contributed by atoms with Crippen molar-refractivity contribution in [2.24, 2.45) is 5.92 Å².